The van der Waals surface area contributed by atoms with Gasteiger partial charge >= 0.3 is 0 Å². The Balaban J connectivity index is 2.03. The second-order valence-electron chi connectivity index (χ2n) is 5.64. The minimum Gasteiger partial charge on any atom is -0.207 e. The maximum Gasteiger partial charge on any atom is 0.123 e. The number of hydrogen-bond acceptors (Lipinski definition) is 0. The molecule has 1 unspecified atom stereocenters. The van der Waals surface area contributed by atoms with E-state index in [1.165, 1.54) is 17.2 Å². The molecule has 106 valence electrons. The van der Waals surface area contributed by atoms with E-state index >= 15 is 0 Å². The van der Waals surface area contributed by atoms with Crippen LogP contribution in [0.2, 0.25) is 0 Å². The van der Waals surface area contributed by atoms with E-state index in [4.69, 9.17) is 0 Å². The van der Waals surface area contributed by atoms with Crippen molar-refractivity contribution in [3.05, 3.63) is 71.0 Å². The van der Waals surface area contributed by atoms with Crippen molar-refractivity contribution >= 4 is 15.9 Å². The van der Waals surface area contributed by atoms with E-state index in [0.717, 1.165) is 18.4 Å². The molecule has 0 heterocycles. The molecular weight excluding hydrogens is 315 g/mol. The monoisotopic (exact) mass is 334 g/mol. The van der Waals surface area contributed by atoms with Gasteiger partial charge in [-0.05, 0) is 47.6 Å². The highest BCUT2D eigenvalue weighted by Gasteiger charge is 2.09. The summed E-state index contributed by atoms with van der Waals surface area (Å²) >= 11 is 3.70. The lowest BCUT2D eigenvalue weighted by molar-refractivity contribution is 0.625. The van der Waals surface area contributed by atoms with Crippen molar-refractivity contribution in [1.82, 2.24) is 0 Å². The molecule has 0 aliphatic heterocycles. The van der Waals surface area contributed by atoms with Gasteiger partial charge in [0, 0.05) is 4.83 Å². The highest BCUT2D eigenvalue weighted by Crippen LogP contribution is 2.27. The normalized spacial score (nSPS) is 12.7. The van der Waals surface area contributed by atoms with Crippen molar-refractivity contribution in [1.29, 1.82) is 0 Å². The third-order valence-corrected chi connectivity index (χ3v) is 4.14. The first-order valence-corrected chi connectivity index (χ1v) is 7.93. The minimum atomic E-state index is -0.172. The molecule has 0 N–H and O–H groups in total. The Morgan fingerprint density at radius 2 is 1.65 bits per heavy atom. The van der Waals surface area contributed by atoms with Gasteiger partial charge in [-0.15, -0.1) is 0 Å². The first-order chi connectivity index (χ1) is 9.54. The Labute approximate surface area is 129 Å². The van der Waals surface area contributed by atoms with E-state index in [2.05, 4.69) is 54.0 Å². The van der Waals surface area contributed by atoms with E-state index in [9.17, 15) is 4.39 Å². The number of alkyl halides is 1. The zero-order valence-corrected chi connectivity index (χ0v) is 13.5. The van der Waals surface area contributed by atoms with Crippen LogP contribution in [-0.2, 0) is 12.8 Å². The van der Waals surface area contributed by atoms with Gasteiger partial charge in [-0.3, -0.25) is 0 Å². The Kier molecular flexibility index (Phi) is 5.36. The van der Waals surface area contributed by atoms with E-state index in [1.54, 1.807) is 12.1 Å². The maximum atomic E-state index is 13.2. The lowest BCUT2D eigenvalue weighted by Gasteiger charge is -2.12. The van der Waals surface area contributed by atoms with Gasteiger partial charge in [-0.2, -0.15) is 0 Å². The zero-order chi connectivity index (χ0) is 14.5. The first-order valence-electron chi connectivity index (χ1n) is 7.02. The van der Waals surface area contributed by atoms with Crippen LogP contribution in [0.1, 0.15) is 35.4 Å². The Morgan fingerprint density at radius 3 is 2.25 bits per heavy atom. The van der Waals surface area contributed by atoms with Crippen molar-refractivity contribution in [2.75, 3.05) is 0 Å². The molecular formula is C18H20BrF. The molecule has 0 amide bonds. The Hall–Kier alpha value is -1.15. The van der Waals surface area contributed by atoms with Crippen LogP contribution in [0.25, 0.3) is 0 Å². The second kappa shape index (κ2) is 7.03. The summed E-state index contributed by atoms with van der Waals surface area (Å²) in [5.74, 6) is 0.502. The molecule has 0 saturated carbocycles. The van der Waals surface area contributed by atoms with Gasteiger partial charge in [0.2, 0.25) is 0 Å². The average molecular weight is 335 g/mol. The summed E-state index contributed by atoms with van der Waals surface area (Å²) in [7, 11) is 0. The summed E-state index contributed by atoms with van der Waals surface area (Å²) < 4.78 is 13.2. The van der Waals surface area contributed by atoms with E-state index in [-0.39, 0.29) is 10.6 Å². The highest BCUT2D eigenvalue weighted by molar-refractivity contribution is 9.09. The van der Waals surface area contributed by atoms with Crippen LogP contribution in [0.4, 0.5) is 4.39 Å². The predicted molar refractivity (Wildman–Crippen MR) is 86.8 cm³/mol. The second-order valence-corrected chi connectivity index (χ2v) is 6.75. The third kappa shape index (κ3) is 4.45. The summed E-state index contributed by atoms with van der Waals surface area (Å²) in [5.41, 5.74) is 3.62. The fraction of sp³-hybridized carbons (Fsp3) is 0.333. The number of halogens is 2. The smallest absolute Gasteiger partial charge is 0.123 e. The maximum absolute atomic E-state index is 13.2. The minimum absolute atomic E-state index is 0.172. The number of rotatable bonds is 5. The summed E-state index contributed by atoms with van der Waals surface area (Å²) in [6, 6.07) is 15.5. The van der Waals surface area contributed by atoms with Crippen molar-refractivity contribution < 1.29 is 4.39 Å². The molecule has 0 bridgehead atoms. The molecule has 2 aromatic rings. The van der Waals surface area contributed by atoms with Crippen LogP contribution in [0, 0.1) is 11.7 Å². The SMILES string of the molecule is CC(C)Cc1ccc(C(Br)Cc2cccc(F)c2)cc1. The molecule has 2 heteroatoms. The van der Waals surface area contributed by atoms with Gasteiger partial charge in [0.1, 0.15) is 5.82 Å². The van der Waals surface area contributed by atoms with Crippen LogP contribution < -0.4 is 0 Å². The van der Waals surface area contributed by atoms with E-state index in [0.29, 0.717) is 5.92 Å². The molecule has 1 atom stereocenters. The molecule has 0 nitrogen and oxygen atoms in total. The predicted octanol–water partition coefficient (Wildman–Crippen LogP) is 5.70. The van der Waals surface area contributed by atoms with Crippen molar-refractivity contribution in [2.45, 2.75) is 31.5 Å². The summed E-state index contributed by atoms with van der Waals surface area (Å²) in [6.07, 6.45) is 1.90. The molecule has 0 aliphatic rings. The largest absolute Gasteiger partial charge is 0.207 e. The molecule has 0 saturated heterocycles. The van der Waals surface area contributed by atoms with Gasteiger partial charge in [0.15, 0.2) is 0 Å². The van der Waals surface area contributed by atoms with Crippen molar-refractivity contribution in [3.8, 4) is 0 Å². The fourth-order valence-corrected chi connectivity index (χ4v) is 3.00. The van der Waals surface area contributed by atoms with Crippen LogP contribution >= 0.6 is 15.9 Å². The average Bonchev–Trinajstić information content (AvgIpc) is 2.38. The quantitative estimate of drug-likeness (QED) is 0.615. The van der Waals surface area contributed by atoms with Gasteiger partial charge in [-0.1, -0.05) is 66.2 Å². The summed E-state index contributed by atoms with van der Waals surface area (Å²) in [4.78, 5) is 0.220. The van der Waals surface area contributed by atoms with Crippen LogP contribution in [0.3, 0.4) is 0 Å². The molecule has 0 radical (unpaired) electrons. The highest BCUT2D eigenvalue weighted by atomic mass is 79.9. The number of hydrogen-bond donors (Lipinski definition) is 0. The van der Waals surface area contributed by atoms with Crippen LogP contribution in [0.5, 0.6) is 0 Å². The molecule has 0 fully saturated rings. The molecule has 0 spiro atoms. The van der Waals surface area contributed by atoms with Crippen LogP contribution in [0.15, 0.2) is 48.5 Å². The lowest BCUT2D eigenvalue weighted by atomic mass is 9.99. The van der Waals surface area contributed by atoms with E-state index in [1.807, 2.05) is 6.07 Å². The van der Waals surface area contributed by atoms with Crippen molar-refractivity contribution in [2.24, 2.45) is 5.92 Å². The Bertz CT molecular complexity index is 546. The summed E-state index contributed by atoms with van der Waals surface area (Å²) in [5, 5.41) is 0. The molecule has 0 aliphatic carbocycles. The zero-order valence-electron chi connectivity index (χ0n) is 11.9. The van der Waals surface area contributed by atoms with Gasteiger partial charge in [0.25, 0.3) is 0 Å². The Morgan fingerprint density at radius 1 is 0.950 bits per heavy atom. The molecule has 20 heavy (non-hydrogen) atoms. The van der Waals surface area contributed by atoms with Crippen molar-refractivity contribution in [3.63, 3.8) is 0 Å². The number of benzene rings is 2. The third-order valence-electron chi connectivity index (χ3n) is 3.29. The molecule has 2 rings (SSSR count). The standard InChI is InChI=1S/C18H20BrF/c1-13(2)10-14-6-8-16(9-7-14)18(19)12-15-4-3-5-17(20)11-15/h3-9,11,13,18H,10,12H2,1-2H3. The molecule has 0 aromatic heterocycles. The van der Waals surface area contributed by atoms with Gasteiger partial charge in [0.05, 0.1) is 0 Å². The van der Waals surface area contributed by atoms with Crippen LogP contribution in [-0.4, -0.2) is 0 Å². The topological polar surface area (TPSA) is 0 Å². The lowest BCUT2D eigenvalue weighted by Crippen LogP contribution is -1.98. The fourth-order valence-electron chi connectivity index (χ4n) is 2.32. The summed E-state index contributed by atoms with van der Waals surface area (Å²) in [6.45, 7) is 4.45. The van der Waals surface area contributed by atoms with Gasteiger partial charge in [-0.25, -0.2) is 4.39 Å². The van der Waals surface area contributed by atoms with Gasteiger partial charge < -0.3 is 0 Å². The van der Waals surface area contributed by atoms with E-state index < -0.39 is 0 Å². The molecule has 2 aromatic carbocycles. The first kappa shape index (κ1) is 15.2.